The molecule has 0 aromatic rings. The molecule has 1 saturated heterocycles. The molecule has 1 aliphatic heterocycles. The maximum Gasteiger partial charge on any atom is 0.186 e. The van der Waals surface area contributed by atoms with E-state index >= 15 is 0 Å². The Morgan fingerprint density at radius 3 is 2.33 bits per heavy atom. The number of aliphatic hydroxyl groups is 4. The summed E-state index contributed by atoms with van der Waals surface area (Å²) in [6.45, 7) is 1.84. The molecule has 6 heteroatoms. The van der Waals surface area contributed by atoms with Crippen molar-refractivity contribution in [2.45, 2.75) is 44.1 Å². The summed E-state index contributed by atoms with van der Waals surface area (Å²) in [5, 5.41) is 37.2. The van der Waals surface area contributed by atoms with Crippen LogP contribution in [-0.2, 0) is 9.47 Å². The van der Waals surface area contributed by atoms with Gasteiger partial charge in [-0.2, -0.15) is 0 Å². The molecule has 0 aliphatic carbocycles. The van der Waals surface area contributed by atoms with Crippen molar-refractivity contribution in [1.82, 2.24) is 0 Å². The lowest BCUT2D eigenvalue weighted by molar-refractivity contribution is -0.300. The summed E-state index contributed by atoms with van der Waals surface area (Å²) in [6.07, 6.45) is -5.14. The van der Waals surface area contributed by atoms with Gasteiger partial charge in [-0.3, -0.25) is 0 Å². The van der Waals surface area contributed by atoms with Crippen LogP contribution in [0.4, 0.5) is 0 Å². The largest absolute Gasteiger partial charge is 0.394 e. The Hall–Kier alpha value is -0.240. The van der Waals surface area contributed by atoms with E-state index in [2.05, 4.69) is 0 Å². The predicted molar refractivity (Wildman–Crippen MR) is 50.0 cm³/mol. The number of hydrogen-bond acceptors (Lipinski definition) is 6. The number of hydrogen-bond donors (Lipinski definition) is 4. The minimum atomic E-state index is -1.36. The third kappa shape index (κ3) is 2.87. The second kappa shape index (κ2) is 5.74. The minimum Gasteiger partial charge on any atom is -0.394 e. The van der Waals surface area contributed by atoms with Gasteiger partial charge in [0, 0.05) is 6.61 Å². The fourth-order valence-electron chi connectivity index (χ4n) is 1.44. The first kappa shape index (κ1) is 12.8. The molecule has 0 spiro atoms. The predicted octanol–water partition coefficient (Wildman–Crippen LogP) is -1.79. The summed E-state index contributed by atoms with van der Waals surface area (Å²) in [4.78, 5) is 0. The molecule has 15 heavy (non-hydrogen) atoms. The lowest BCUT2D eigenvalue weighted by Gasteiger charge is -2.39. The zero-order chi connectivity index (χ0) is 11.4. The smallest absolute Gasteiger partial charge is 0.186 e. The molecule has 1 heterocycles. The van der Waals surface area contributed by atoms with Gasteiger partial charge < -0.3 is 29.9 Å². The molecule has 2 unspecified atom stereocenters. The highest BCUT2D eigenvalue weighted by molar-refractivity contribution is 4.88. The van der Waals surface area contributed by atoms with Gasteiger partial charge in [0.05, 0.1) is 6.61 Å². The van der Waals surface area contributed by atoms with Gasteiger partial charge in [0.15, 0.2) is 6.29 Å². The molecular weight excluding hydrogens is 204 g/mol. The van der Waals surface area contributed by atoms with Crippen molar-refractivity contribution in [3.05, 3.63) is 0 Å². The second-order valence-electron chi connectivity index (χ2n) is 3.57. The van der Waals surface area contributed by atoms with Crippen LogP contribution in [0.1, 0.15) is 13.3 Å². The third-order valence-electron chi connectivity index (χ3n) is 2.33. The van der Waals surface area contributed by atoms with Gasteiger partial charge in [0.25, 0.3) is 0 Å². The maximum atomic E-state index is 9.51. The van der Waals surface area contributed by atoms with E-state index < -0.39 is 37.3 Å². The first-order chi connectivity index (χ1) is 7.11. The zero-order valence-corrected chi connectivity index (χ0v) is 8.61. The summed E-state index contributed by atoms with van der Waals surface area (Å²) >= 11 is 0. The Kier molecular flexibility index (Phi) is 4.91. The minimum absolute atomic E-state index is 0.378. The number of aliphatic hydroxyl groups excluding tert-OH is 4. The van der Waals surface area contributed by atoms with E-state index in [1.807, 2.05) is 6.92 Å². The second-order valence-corrected chi connectivity index (χ2v) is 3.57. The molecule has 1 aliphatic rings. The van der Waals surface area contributed by atoms with Crippen LogP contribution in [0, 0.1) is 0 Å². The fraction of sp³-hybridized carbons (Fsp3) is 1.00. The molecular formula is C9H18O6. The maximum absolute atomic E-state index is 9.51. The lowest BCUT2D eigenvalue weighted by Crippen LogP contribution is -2.59. The van der Waals surface area contributed by atoms with E-state index in [0.29, 0.717) is 6.61 Å². The quantitative estimate of drug-likeness (QED) is 0.448. The Labute approximate surface area is 88.1 Å². The van der Waals surface area contributed by atoms with Crippen LogP contribution >= 0.6 is 0 Å². The van der Waals surface area contributed by atoms with Crippen molar-refractivity contribution in [1.29, 1.82) is 0 Å². The fourth-order valence-corrected chi connectivity index (χ4v) is 1.44. The molecule has 0 saturated carbocycles. The molecule has 0 amide bonds. The molecule has 90 valence electrons. The number of ether oxygens (including phenoxy) is 2. The normalized spacial score (nSPS) is 41.8. The first-order valence-corrected chi connectivity index (χ1v) is 5.04. The van der Waals surface area contributed by atoms with Gasteiger partial charge >= 0.3 is 0 Å². The van der Waals surface area contributed by atoms with Gasteiger partial charge in [0.1, 0.15) is 24.4 Å². The van der Waals surface area contributed by atoms with Crippen molar-refractivity contribution in [3.8, 4) is 0 Å². The molecule has 1 fully saturated rings. The molecule has 4 N–H and O–H groups in total. The Bertz CT molecular complexity index is 185. The van der Waals surface area contributed by atoms with Crippen LogP contribution in [0.5, 0.6) is 0 Å². The van der Waals surface area contributed by atoms with Crippen LogP contribution in [-0.4, -0.2) is 64.3 Å². The Morgan fingerprint density at radius 2 is 1.80 bits per heavy atom. The van der Waals surface area contributed by atoms with Gasteiger partial charge in [-0.25, -0.2) is 0 Å². The van der Waals surface area contributed by atoms with Crippen molar-refractivity contribution in [3.63, 3.8) is 0 Å². The van der Waals surface area contributed by atoms with Crippen LogP contribution in [0.2, 0.25) is 0 Å². The van der Waals surface area contributed by atoms with Gasteiger partial charge in [-0.05, 0) is 6.42 Å². The summed E-state index contributed by atoms with van der Waals surface area (Å²) in [5.41, 5.74) is 0. The molecule has 0 aromatic carbocycles. The zero-order valence-electron chi connectivity index (χ0n) is 8.61. The van der Waals surface area contributed by atoms with Crippen molar-refractivity contribution >= 4 is 0 Å². The average molecular weight is 222 g/mol. The summed E-state index contributed by atoms with van der Waals surface area (Å²) < 4.78 is 10.2. The topological polar surface area (TPSA) is 99.4 Å². The highest BCUT2D eigenvalue weighted by Crippen LogP contribution is 2.21. The standard InChI is InChI=1S/C9H18O6/c1-2-3-14-9-8(13)7(12)6(11)5(4-10)15-9/h5-13H,2-4H2,1H3/t5?,6-,7+,8?,9+/m1/s1. The number of rotatable bonds is 4. The van der Waals surface area contributed by atoms with Gasteiger partial charge in [-0.1, -0.05) is 6.92 Å². The Balaban J connectivity index is 2.57. The van der Waals surface area contributed by atoms with E-state index in [4.69, 9.17) is 14.6 Å². The molecule has 5 atom stereocenters. The van der Waals surface area contributed by atoms with Gasteiger partial charge in [-0.15, -0.1) is 0 Å². The van der Waals surface area contributed by atoms with E-state index in [9.17, 15) is 15.3 Å². The summed E-state index contributed by atoms with van der Waals surface area (Å²) in [6, 6.07) is 0. The SMILES string of the molecule is CCCO[C@H]1OC(CO)[C@@H](O)[C@H](O)C1O. The highest BCUT2D eigenvalue weighted by atomic mass is 16.7. The molecule has 1 rings (SSSR count). The van der Waals surface area contributed by atoms with E-state index in [-0.39, 0.29) is 0 Å². The highest BCUT2D eigenvalue weighted by Gasteiger charge is 2.43. The molecule has 0 aromatic heterocycles. The van der Waals surface area contributed by atoms with Gasteiger partial charge in [0.2, 0.25) is 0 Å². The Morgan fingerprint density at radius 1 is 1.13 bits per heavy atom. The lowest BCUT2D eigenvalue weighted by atomic mass is 9.99. The first-order valence-electron chi connectivity index (χ1n) is 5.04. The summed E-state index contributed by atoms with van der Waals surface area (Å²) in [5.74, 6) is 0. The van der Waals surface area contributed by atoms with Crippen LogP contribution in [0.15, 0.2) is 0 Å². The summed E-state index contributed by atoms with van der Waals surface area (Å²) in [7, 11) is 0. The molecule has 6 nitrogen and oxygen atoms in total. The average Bonchev–Trinajstić information content (AvgIpc) is 2.25. The van der Waals surface area contributed by atoms with Crippen molar-refractivity contribution in [2.75, 3.05) is 13.2 Å². The van der Waals surface area contributed by atoms with Crippen molar-refractivity contribution < 1.29 is 29.9 Å². The van der Waals surface area contributed by atoms with E-state index in [1.54, 1.807) is 0 Å². The van der Waals surface area contributed by atoms with Crippen LogP contribution in [0.25, 0.3) is 0 Å². The van der Waals surface area contributed by atoms with E-state index in [0.717, 1.165) is 6.42 Å². The van der Waals surface area contributed by atoms with E-state index in [1.165, 1.54) is 0 Å². The third-order valence-corrected chi connectivity index (χ3v) is 2.33. The van der Waals surface area contributed by atoms with Crippen molar-refractivity contribution in [2.24, 2.45) is 0 Å². The van der Waals surface area contributed by atoms with Crippen LogP contribution in [0.3, 0.4) is 0 Å². The molecule has 0 radical (unpaired) electrons. The molecule has 0 bridgehead atoms. The van der Waals surface area contributed by atoms with Crippen LogP contribution < -0.4 is 0 Å². The monoisotopic (exact) mass is 222 g/mol.